The SMILES string of the molecule is c1cc(OP(Oc2ccnnn2)Oc2ccnnn2)nnn1. The van der Waals surface area contributed by atoms with Gasteiger partial charge in [0.15, 0.2) is 0 Å². The highest BCUT2D eigenvalue weighted by Gasteiger charge is 2.22. The Bertz CT molecular complexity index is 594. The third kappa shape index (κ3) is 3.93. The van der Waals surface area contributed by atoms with Crippen molar-refractivity contribution in [2.45, 2.75) is 0 Å². The molecule has 0 fully saturated rings. The third-order valence-electron chi connectivity index (χ3n) is 1.94. The molecule has 3 rings (SSSR count). The van der Waals surface area contributed by atoms with E-state index < -0.39 is 8.60 Å². The van der Waals surface area contributed by atoms with Crippen LogP contribution in [0.5, 0.6) is 17.6 Å². The minimum Gasteiger partial charge on any atom is -0.388 e. The zero-order valence-electron chi connectivity index (χ0n) is 10.7. The van der Waals surface area contributed by atoms with E-state index in [1.165, 1.54) is 36.8 Å². The predicted molar refractivity (Wildman–Crippen MR) is 68.3 cm³/mol. The molecule has 0 saturated heterocycles. The zero-order valence-corrected chi connectivity index (χ0v) is 11.6. The monoisotopic (exact) mass is 319 g/mol. The number of aromatic nitrogens is 9. The molecular weight excluding hydrogens is 313 g/mol. The van der Waals surface area contributed by atoms with Gasteiger partial charge < -0.3 is 13.6 Å². The van der Waals surface area contributed by atoms with E-state index in [0.717, 1.165) is 0 Å². The fourth-order valence-electron chi connectivity index (χ4n) is 1.12. The van der Waals surface area contributed by atoms with Crippen molar-refractivity contribution in [1.29, 1.82) is 0 Å². The van der Waals surface area contributed by atoms with Crippen LogP contribution in [0.4, 0.5) is 0 Å². The van der Waals surface area contributed by atoms with Crippen LogP contribution in [0, 0.1) is 0 Å². The molecule has 0 aliphatic rings. The summed E-state index contributed by atoms with van der Waals surface area (Å²) in [5.74, 6) is 0.473. The zero-order chi connectivity index (χ0) is 15.0. The summed E-state index contributed by atoms with van der Waals surface area (Å²) in [6, 6.07) is 4.47. The molecule has 22 heavy (non-hydrogen) atoms. The molecule has 0 amide bonds. The Morgan fingerprint density at radius 3 is 1.23 bits per heavy atom. The molecule has 3 heterocycles. The highest BCUT2D eigenvalue weighted by atomic mass is 31.2. The first-order chi connectivity index (χ1) is 10.9. The fraction of sp³-hybridized carbons (Fsp3) is 0. The minimum atomic E-state index is -1.98. The fourth-order valence-corrected chi connectivity index (χ4v) is 1.98. The van der Waals surface area contributed by atoms with Gasteiger partial charge in [0.25, 0.3) is 0 Å². The average molecular weight is 319 g/mol. The molecule has 3 aromatic heterocycles. The van der Waals surface area contributed by atoms with Crippen LogP contribution in [0.2, 0.25) is 0 Å². The summed E-state index contributed by atoms with van der Waals surface area (Å²) in [5, 5.41) is 32.0. The van der Waals surface area contributed by atoms with Gasteiger partial charge in [0.2, 0.25) is 17.6 Å². The lowest BCUT2D eigenvalue weighted by Gasteiger charge is -2.14. The van der Waals surface area contributed by atoms with Gasteiger partial charge in [-0.15, -0.1) is 15.3 Å². The Kier molecular flexibility index (Phi) is 4.42. The molecule has 0 saturated carbocycles. The molecule has 0 spiro atoms. The van der Waals surface area contributed by atoms with Crippen LogP contribution in [-0.2, 0) is 0 Å². The van der Waals surface area contributed by atoms with E-state index in [2.05, 4.69) is 46.2 Å². The van der Waals surface area contributed by atoms with E-state index in [1.807, 2.05) is 0 Å². The van der Waals surface area contributed by atoms with Gasteiger partial charge in [-0.25, -0.2) is 0 Å². The maximum atomic E-state index is 5.45. The van der Waals surface area contributed by atoms with E-state index in [-0.39, 0.29) is 17.6 Å². The smallest absolute Gasteiger partial charge is 0.388 e. The van der Waals surface area contributed by atoms with Gasteiger partial charge in [-0.05, 0) is 15.6 Å². The quantitative estimate of drug-likeness (QED) is 0.564. The van der Waals surface area contributed by atoms with Crippen molar-refractivity contribution in [3.05, 3.63) is 36.8 Å². The van der Waals surface area contributed by atoms with E-state index in [0.29, 0.717) is 0 Å². The number of hydrogen-bond acceptors (Lipinski definition) is 12. The van der Waals surface area contributed by atoms with Crippen molar-refractivity contribution in [2.24, 2.45) is 0 Å². The number of nitrogens with zero attached hydrogens (tertiary/aromatic N) is 9. The highest BCUT2D eigenvalue weighted by Crippen LogP contribution is 2.39. The summed E-state index contributed by atoms with van der Waals surface area (Å²) >= 11 is 0. The van der Waals surface area contributed by atoms with Crippen LogP contribution in [0.1, 0.15) is 0 Å². The van der Waals surface area contributed by atoms with Gasteiger partial charge in [0.1, 0.15) is 0 Å². The van der Waals surface area contributed by atoms with Crippen LogP contribution in [-0.4, -0.2) is 46.2 Å². The molecule has 0 aliphatic heterocycles. The van der Waals surface area contributed by atoms with Gasteiger partial charge in [0, 0.05) is 18.2 Å². The van der Waals surface area contributed by atoms with Crippen molar-refractivity contribution in [1.82, 2.24) is 46.2 Å². The van der Waals surface area contributed by atoms with E-state index in [4.69, 9.17) is 13.6 Å². The standard InChI is InChI=1S/C9H6N9O3P/c1-4-10-16-13-7(1)19-22(20-8-2-5-11-17-14-8)21-9-3-6-12-18-15-9/h1-6H. The molecule has 12 nitrogen and oxygen atoms in total. The molecule has 0 N–H and O–H groups in total. The van der Waals surface area contributed by atoms with E-state index >= 15 is 0 Å². The molecule has 0 radical (unpaired) electrons. The Hall–Kier alpha value is -3.14. The molecule has 0 bridgehead atoms. The lowest BCUT2D eigenvalue weighted by atomic mass is 10.7. The largest absolute Gasteiger partial charge is 0.534 e. The normalized spacial score (nSPS) is 10.2. The Morgan fingerprint density at radius 2 is 0.955 bits per heavy atom. The Labute approximate surface area is 123 Å². The first kappa shape index (κ1) is 13.8. The molecule has 3 aromatic rings. The molecular formula is C9H6N9O3P. The number of rotatable bonds is 6. The van der Waals surface area contributed by atoms with Crippen molar-refractivity contribution in [3.63, 3.8) is 0 Å². The van der Waals surface area contributed by atoms with Crippen molar-refractivity contribution < 1.29 is 13.6 Å². The van der Waals surface area contributed by atoms with Crippen LogP contribution >= 0.6 is 8.60 Å². The van der Waals surface area contributed by atoms with Crippen LogP contribution in [0.15, 0.2) is 36.8 Å². The summed E-state index contributed by atoms with van der Waals surface area (Å²) in [7, 11) is -1.98. The van der Waals surface area contributed by atoms with E-state index in [1.54, 1.807) is 0 Å². The summed E-state index contributed by atoms with van der Waals surface area (Å²) in [4.78, 5) is 0. The topological polar surface area (TPSA) is 144 Å². The molecule has 0 aromatic carbocycles. The van der Waals surface area contributed by atoms with Gasteiger partial charge in [-0.3, -0.25) is 0 Å². The maximum Gasteiger partial charge on any atom is 0.534 e. The van der Waals surface area contributed by atoms with Gasteiger partial charge >= 0.3 is 8.60 Å². The lowest BCUT2D eigenvalue weighted by Crippen LogP contribution is -2.06. The Morgan fingerprint density at radius 1 is 0.591 bits per heavy atom. The summed E-state index contributed by atoms with van der Waals surface area (Å²) in [6.45, 7) is 0. The summed E-state index contributed by atoms with van der Waals surface area (Å²) in [5.41, 5.74) is 0. The van der Waals surface area contributed by atoms with E-state index in [9.17, 15) is 0 Å². The van der Waals surface area contributed by atoms with Crippen molar-refractivity contribution in [3.8, 4) is 17.6 Å². The second-order valence-corrected chi connectivity index (χ2v) is 4.37. The first-order valence-corrected chi connectivity index (χ1v) is 6.77. The summed E-state index contributed by atoms with van der Waals surface area (Å²) < 4.78 is 16.4. The molecule has 110 valence electrons. The van der Waals surface area contributed by atoms with Gasteiger partial charge in [-0.1, -0.05) is 15.3 Å². The predicted octanol–water partition coefficient (Wildman–Crippen LogP) is 0.00530. The van der Waals surface area contributed by atoms with Gasteiger partial charge in [-0.2, -0.15) is 0 Å². The van der Waals surface area contributed by atoms with Crippen molar-refractivity contribution >= 4 is 8.60 Å². The van der Waals surface area contributed by atoms with Crippen molar-refractivity contribution in [2.75, 3.05) is 0 Å². The third-order valence-corrected chi connectivity index (χ3v) is 2.95. The minimum absolute atomic E-state index is 0.158. The molecule has 0 unspecified atom stereocenters. The first-order valence-electron chi connectivity index (χ1n) is 5.67. The summed E-state index contributed by atoms with van der Waals surface area (Å²) in [6.07, 6.45) is 4.23. The van der Waals surface area contributed by atoms with Crippen LogP contribution in [0.3, 0.4) is 0 Å². The molecule has 0 aliphatic carbocycles. The van der Waals surface area contributed by atoms with Gasteiger partial charge in [0.05, 0.1) is 18.6 Å². The molecule has 0 atom stereocenters. The van der Waals surface area contributed by atoms with Crippen LogP contribution < -0.4 is 13.6 Å². The maximum absolute atomic E-state index is 5.45. The Balaban J connectivity index is 1.75. The number of hydrogen-bond donors (Lipinski definition) is 0. The molecule has 13 heteroatoms. The highest BCUT2D eigenvalue weighted by molar-refractivity contribution is 7.43. The van der Waals surface area contributed by atoms with Crippen LogP contribution in [0.25, 0.3) is 0 Å². The average Bonchev–Trinajstić information content (AvgIpc) is 2.57. The second-order valence-electron chi connectivity index (χ2n) is 3.37. The lowest BCUT2D eigenvalue weighted by molar-refractivity contribution is 0.362. The second kappa shape index (κ2) is 7.04.